The van der Waals surface area contributed by atoms with Gasteiger partial charge in [-0.15, -0.1) is 0 Å². The Morgan fingerprint density at radius 1 is 1.31 bits per heavy atom. The summed E-state index contributed by atoms with van der Waals surface area (Å²) in [5, 5.41) is 0. The van der Waals surface area contributed by atoms with Crippen molar-refractivity contribution in [3.05, 3.63) is 22.7 Å². The zero-order valence-electron chi connectivity index (χ0n) is 8.00. The van der Waals surface area contributed by atoms with Gasteiger partial charge in [-0.05, 0) is 41.9 Å². The predicted octanol–water partition coefficient (Wildman–Crippen LogP) is 3.24. The minimum atomic E-state index is 0.146. The molecule has 0 fully saturated rings. The molecule has 0 spiro atoms. The molecule has 13 heavy (non-hydrogen) atoms. The van der Waals surface area contributed by atoms with Crippen LogP contribution in [0.3, 0.4) is 0 Å². The van der Waals surface area contributed by atoms with E-state index in [2.05, 4.69) is 15.9 Å². The summed E-state index contributed by atoms with van der Waals surface area (Å²) in [6, 6.07) is 5.72. The summed E-state index contributed by atoms with van der Waals surface area (Å²) in [4.78, 5) is 0. The molecule has 0 heterocycles. The fraction of sp³-hybridized carbons (Fsp3) is 0.400. The van der Waals surface area contributed by atoms with Crippen LogP contribution in [0.15, 0.2) is 22.7 Å². The lowest BCUT2D eigenvalue weighted by atomic mass is 10.3. The lowest BCUT2D eigenvalue weighted by Gasteiger charge is -2.14. The number of methoxy groups -OCH3 is 1. The van der Waals surface area contributed by atoms with E-state index in [4.69, 9.17) is 9.47 Å². The summed E-state index contributed by atoms with van der Waals surface area (Å²) in [5.74, 6) is 1.52. The van der Waals surface area contributed by atoms with Crippen molar-refractivity contribution in [2.75, 3.05) is 7.11 Å². The highest BCUT2D eigenvalue weighted by atomic mass is 79.9. The van der Waals surface area contributed by atoms with Gasteiger partial charge in [0.1, 0.15) is 0 Å². The van der Waals surface area contributed by atoms with Crippen LogP contribution in [0.1, 0.15) is 13.8 Å². The molecule has 0 atom stereocenters. The zero-order chi connectivity index (χ0) is 9.84. The van der Waals surface area contributed by atoms with Crippen LogP contribution in [0.25, 0.3) is 0 Å². The van der Waals surface area contributed by atoms with Gasteiger partial charge < -0.3 is 9.47 Å². The Balaban J connectivity index is 3.00. The third kappa shape index (κ3) is 2.62. The Kier molecular flexibility index (Phi) is 3.60. The van der Waals surface area contributed by atoms with E-state index in [-0.39, 0.29) is 6.10 Å². The number of hydrogen-bond acceptors (Lipinski definition) is 2. The van der Waals surface area contributed by atoms with Crippen molar-refractivity contribution in [1.82, 2.24) is 0 Å². The highest BCUT2D eigenvalue weighted by Gasteiger charge is 2.09. The molecule has 0 saturated heterocycles. The third-order valence-electron chi connectivity index (χ3n) is 1.50. The van der Waals surface area contributed by atoms with Crippen molar-refractivity contribution < 1.29 is 9.47 Å². The summed E-state index contributed by atoms with van der Waals surface area (Å²) >= 11 is 3.41. The lowest BCUT2D eigenvalue weighted by Crippen LogP contribution is -2.07. The monoisotopic (exact) mass is 244 g/mol. The standard InChI is InChI=1S/C10H13BrO2/c1-7(2)13-10-8(11)5-4-6-9(10)12-3/h4-7H,1-3H3. The molecule has 0 aliphatic carbocycles. The molecule has 0 bridgehead atoms. The van der Waals surface area contributed by atoms with Gasteiger partial charge >= 0.3 is 0 Å². The van der Waals surface area contributed by atoms with Gasteiger partial charge in [-0.25, -0.2) is 0 Å². The summed E-state index contributed by atoms with van der Waals surface area (Å²) in [6.07, 6.45) is 0.146. The van der Waals surface area contributed by atoms with Gasteiger partial charge in [-0.1, -0.05) is 6.07 Å². The molecule has 0 radical (unpaired) electrons. The van der Waals surface area contributed by atoms with Gasteiger partial charge in [0, 0.05) is 0 Å². The van der Waals surface area contributed by atoms with Gasteiger partial charge in [0.05, 0.1) is 17.7 Å². The van der Waals surface area contributed by atoms with E-state index in [0.717, 1.165) is 16.0 Å². The Morgan fingerprint density at radius 2 is 2.00 bits per heavy atom. The maximum atomic E-state index is 5.60. The van der Waals surface area contributed by atoms with E-state index >= 15 is 0 Å². The van der Waals surface area contributed by atoms with Gasteiger partial charge in [-0.2, -0.15) is 0 Å². The minimum Gasteiger partial charge on any atom is -0.493 e. The Hall–Kier alpha value is -0.700. The predicted molar refractivity (Wildman–Crippen MR) is 56.5 cm³/mol. The molecule has 0 unspecified atom stereocenters. The van der Waals surface area contributed by atoms with Gasteiger partial charge in [0.25, 0.3) is 0 Å². The fourth-order valence-corrected chi connectivity index (χ4v) is 1.44. The van der Waals surface area contributed by atoms with Gasteiger partial charge in [0.2, 0.25) is 0 Å². The van der Waals surface area contributed by atoms with Crippen molar-refractivity contribution in [3.8, 4) is 11.5 Å². The van der Waals surface area contributed by atoms with Crippen molar-refractivity contribution in [2.24, 2.45) is 0 Å². The molecule has 3 heteroatoms. The first-order chi connectivity index (χ1) is 6.15. The molecular formula is C10H13BrO2. The summed E-state index contributed by atoms with van der Waals surface area (Å²) < 4.78 is 11.7. The lowest BCUT2D eigenvalue weighted by molar-refractivity contribution is 0.228. The average molecular weight is 245 g/mol. The minimum absolute atomic E-state index is 0.146. The molecule has 0 N–H and O–H groups in total. The second-order valence-electron chi connectivity index (χ2n) is 2.94. The van der Waals surface area contributed by atoms with Gasteiger partial charge in [-0.3, -0.25) is 0 Å². The van der Waals surface area contributed by atoms with Crippen molar-refractivity contribution >= 4 is 15.9 Å². The van der Waals surface area contributed by atoms with Gasteiger partial charge in [0.15, 0.2) is 11.5 Å². The van der Waals surface area contributed by atoms with E-state index < -0.39 is 0 Å². The van der Waals surface area contributed by atoms with Crippen LogP contribution in [0.5, 0.6) is 11.5 Å². The number of halogens is 1. The number of para-hydroxylation sites is 1. The Labute approximate surface area is 87.0 Å². The third-order valence-corrected chi connectivity index (χ3v) is 2.13. The van der Waals surface area contributed by atoms with Crippen LogP contribution >= 0.6 is 15.9 Å². The summed E-state index contributed by atoms with van der Waals surface area (Å²) in [6.45, 7) is 3.97. The van der Waals surface area contributed by atoms with Crippen LogP contribution < -0.4 is 9.47 Å². The highest BCUT2D eigenvalue weighted by Crippen LogP contribution is 2.35. The number of ether oxygens (including phenoxy) is 2. The first-order valence-electron chi connectivity index (χ1n) is 4.14. The smallest absolute Gasteiger partial charge is 0.175 e. The van der Waals surface area contributed by atoms with E-state index in [9.17, 15) is 0 Å². The van der Waals surface area contributed by atoms with E-state index in [1.165, 1.54) is 0 Å². The van der Waals surface area contributed by atoms with E-state index in [0.29, 0.717) is 0 Å². The van der Waals surface area contributed by atoms with Crippen LogP contribution in [0.2, 0.25) is 0 Å². The molecule has 1 rings (SSSR count). The van der Waals surface area contributed by atoms with Crippen LogP contribution in [-0.4, -0.2) is 13.2 Å². The molecular weight excluding hydrogens is 232 g/mol. The van der Waals surface area contributed by atoms with E-state index in [1.807, 2.05) is 32.0 Å². The summed E-state index contributed by atoms with van der Waals surface area (Å²) in [5.41, 5.74) is 0. The molecule has 0 aliphatic rings. The highest BCUT2D eigenvalue weighted by molar-refractivity contribution is 9.10. The first-order valence-corrected chi connectivity index (χ1v) is 4.93. The van der Waals surface area contributed by atoms with E-state index in [1.54, 1.807) is 7.11 Å². The SMILES string of the molecule is COc1cccc(Br)c1OC(C)C. The molecule has 0 aliphatic heterocycles. The van der Waals surface area contributed by atoms with Crippen LogP contribution in [0.4, 0.5) is 0 Å². The molecule has 0 amide bonds. The molecule has 72 valence electrons. The average Bonchev–Trinajstić information content (AvgIpc) is 2.08. The second-order valence-corrected chi connectivity index (χ2v) is 3.79. The maximum absolute atomic E-state index is 5.60. The number of benzene rings is 1. The van der Waals surface area contributed by atoms with Crippen molar-refractivity contribution in [3.63, 3.8) is 0 Å². The van der Waals surface area contributed by atoms with Crippen molar-refractivity contribution in [1.29, 1.82) is 0 Å². The largest absolute Gasteiger partial charge is 0.493 e. The molecule has 0 aromatic heterocycles. The molecule has 1 aromatic rings. The zero-order valence-corrected chi connectivity index (χ0v) is 9.59. The maximum Gasteiger partial charge on any atom is 0.175 e. The second kappa shape index (κ2) is 4.51. The molecule has 1 aromatic carbocycles. The summed E-state index contributed by atoms with van der Waals surface area (Å²) in [7, 11) is 1.63. The number of rotatable bonds is 3. The fourth-order valence-electron chi connectivity index (χ4n) is 1.000. The number of hydrogen-bond donors (Lipinski definition) is 0. The topological polar surface area (TPSA) is 18.5 Å². The Bertz CT molecular complexity index is 284. The van der Waals surface area contributed by atoms with Crippen LogP contribution in [-0.2, 0) is 0 Å². The van der Waals surface area contributed by atoms with Crippen molar-refractivity contribution in [2.45, 2.75) is 20.0 Å². The first kappa shape index (κ1) is 10.4. The molecule has 2 nitrogen and oxygen atoms in total. The molecule has 0 saturated carbocycles. The quantitative estimate of drug-likeness (QED) is 0.813. The normalized spacial score (nSPS) is 10.2. The Morgan fingerprint density at radius 3 is 2.54 bits per heavy atom. The van der Waals surface area contributed by atoms with Crippen LogP contribution in [0, 0.1) is 0 Å².